The van der Waals surface area contributed by atoms with E-state index in [0.29, 0.717) is 13.1 Å². The van der Waals surface area contributed by atoms with Gasteiger partial charge in [-0.25, -0.2) is 4.68 Å². The van der Waals surface area contributed by atoms with Gasteiger partial charge in [-0.3, -0.25) is 14.9 Å². The maximum atomic E-state index is 13.2. The van der Waals surface area contributed by atoms with Crippen LogP contribution in [-0.4, -0.2) is 30.1 Å². The second kappa shape index (κ2) is 7.90. The average Bonchev–Trinajstić information content (AvgIpc) is 3.51. The molecule has 1 aliphatic heterocycles. The van der Waals surface area contributed by atoms with Crippen molar-refractivity contribution in [1.29, 1.82) is 0 Å². The molecule has 0 N–H and O–H groups in total. The van der Waals surface area contributed by atoms with Crippen LogP contribution in [0.1, 0.15) is 32.7 Å². The molecule has 33 heavy (non-hydrogen) atoms. The standard InChI is InChI=1S/C24H20ClN5O3/c1-15-5-6-17(11-16(15)2)29-23(27-9-3-4-10-27)20-13-28(14-22(20)26-29)24(31)19-12-18(30(32)33)7-8-21(19)25/h3-12H,13-14H2,1-2H3. The first-order valence-electron chi connectivity index (χ1n) is 10.4. The number of carbonyl (C=O) groups excluding carboxylic acids is 1. The molecule has 0 unspecified atom stereocenters. The summed E-state index contributed by atoms with van der Waals surface area (Å²) in [5.74, 6) is 0.497. The first-order chi connectivity index (χ1) is 15.8. The van der Waals surface area contributed by atoms with E-state index in [4.69, 9.17) is 16.7 Å². The Balaban J connectivity index is 1.54. The third-order valence-electron chi connectivity index (χ3n) is 5.99. The fourth-order valence-corrected chi connectivity index (χ4v) is 4.28. The van der Waals surface area contributed by atoms with Crippen LogP contribution in [0.2, 0.25) is 5.02 Å². The average molecular weight is 462 g/mol. The third-order valence-corrected chi connectivity index (χ3v) is 6.32. The van der Waals surface area contributed by atoms with Gasteiger partial charge in [0.25, 0.3) is 11.6 Å². The van der Waals surface area contributed by atoms with E-state index >= 15 is 0 Å². The molecule has 1 aliphatic rings. The minimum atomic E-state index is -0.538. The van der Waals surface area contributed by atoms with E-state index in [0.717, 1.165) is 22.8 Å². The van der Waals surface area contributed by atoms with Crippen LogP contribution in [0.25, 0.3) is 11.5 Å². The number of fused-ring (bicyclic) bond motifs is 1. The summed E-state index contributed by atoms with van der Waals surface area (Å²) in [6.07, 6.45) is 3.88. The van der Waals surface area contributed by atoms with Crippen molar-refractivity contribution in [3.63, 3.8) is 0 Å². The number of nitro benzene ring substituents is 1. The van der Waals surface area contributed by atoms with E-state index < -0.39 is 4.92 Å². The molecule has 1 amide bonds. The van der Waals surface area contributed by atoms with Gasteiger partial charge in [-0.1, -0.05) is 17.7 Å². The highest BCUT2D eigenvalue weighted by Crippen LogP contribution is 2.33. The van der Waals surface area contributed by atoms with E-state index in [2.05, 4.69) is 26.0 Å². The molecular formula is C24H20ClN5O3. The lowest BCUT2D eigenvalue weighted by Gasteiger charge is -2.18. The molecule has 5 rings (SSSR count). The summed E-state index contributed by atoms with van der Waals surface area (Å²) in [7, 11) is 0. The summed E-state index contributed by atoms with van der Waals surface area (Å²) in [6.45, 7) is 4.75. The van der Waals surface area contributed by atoms with Crippen LogP contribution in [0, 0.1) is 24.0 Å². The molecule has 4 aromatic rings. The van der Waals surface area contributed by atoms with Gasteiger partial charge in [0.05, 0.1) is 40.0 Å². The third kappa shape index (κ3) is 3.58. The number of carbonyl (C=O) groups is 1. The van der Waals surface area contributed by atoms with Gasteiger partial charge < -0.3 is 9.47 Å². The summed E-state index contributed by atoms with van der Waals surface area (Å²) >= 11 is 6.21. The SMILES string of the molecule is Cc1ccc(-n2nc3c(c2-n2cccc2)CN(C(=O)c2cc([N+](=O)[O-])ccc2Cl)C3)cc1C. The van der Waals surface area contributed by atoms with Crippen molar-refractivity contribution in [2.75, 3.05) is 0 Å². The second-order valence-electron chi connectivity index (χ2n) is 8.10. The lowest BCUT2D eigenvalue weighted by atomic mass is 10.1. The number of nitrogens with zero attached hydrogens (tertiary/aromatic N) is 5. The highest BCUT2D eigenvalue weighted by atomic mass is 35.5. The Labute approximate surface area is 194 Å². The van der Waals surface area contributed by atoms with Crippen LogP contribution in [0.3, 0.4) is 0 Å². The van der Waals surface area contributed by atoms with Crippen LogP contribution in [0.15, 0.2) is 60.9 Å². The molecule has 8 nitrogen and oxygen atoms in total. The number of aryl methyl sites for hydroxylation is 2. The molecule has 3 heterocycles. The fraction of sp³-hybridized carbons (Fsp3) is 0.167. The zero-order valence-electron chi connectivity index (χ0n) is 18.0. The molecule has 0 bridgehead atoms. The Morgan fingerprint density at radius 2 is 1.82 bits per heavy atom. The van der Waals surface area contributed by atoms with Crippen LogP contribution < -0.4 is 0 Å². The molecule has 0 aliphatic carbocycles. The first-order valence-corrected chi connectivity index (χ1v) is 10.8. The summed E-state index contributed by atoms with van der Waals surface area (Å²) in [4.78, 5) is 25.5. The van der Waals surface area contributed by atoms with Crippen molar-refractivity contribution in [2.24, 2.45) is 0 Å². The van der Waals surface area contributed by atoms with Crippen molar-refractivity contribution in [1.82, 2.24) is 19.2 Å². The molecule has 0 saturated heterocycles. The van der Waals surface area contributed by atoms with Crippen molar-refractivity contribution in [2.45, 2.75) is 26.9 Å². The van der Waals surface area contributed by atoms with Crippen molar-refractivity contribution >= 4 is 23.2 Å². The lowest BCUT2D eigenvalue weighted by Crippen LogP contribution is -2.26. The normalized spacial score (nSPS) is 12.8. The molecule has 0 atom stereocenters. The Morgan fingerprint density at radius 1 is 1.06 bits per heavy atom. The van der Waals surface area contributed by atoms with E-state index in [1.54, 1.807) is 4.90 Å². The molecule has 9 heteroatoms. The van der Waals surface area contributed by atoms with Gasteiger partial charge in [-0.15, -0.1) is 0 Å². The highest BCUT2D eigenvalue weighted by Gasteiger charge is 2.33. The van der Waals surface area contributed by atoms with E-state index in [1.165, 1.54) is 29.3 Å². The number of nitro groups is 1. The van der Waals surface area contributed by atoms with Crippen molar-refractivity contribution in [3.8, 4) is 11.5 Å². The van der Waals surface area contributed by atoms with Crippen molar-refractivity contribution < 1.29 is 9.72 Å². The minimum Gasteiger partial charge on any atom is -0.328 e. The van der Waals surface area contributed by atoms with Gasteiger partial charge in [0, 0.05) is 30.1 Å². The van der Waals surface area contributed by atoms with Crippen LogP contribution in [-0.2, 0) is 13.1 Å². The number of hydrogen-bond acceptors (Lipinski definition) is 4. The van der Waals surface area contributed by atoms with Gasteiger partial charge in [0.1, 0.15) is 5.82 Å². The fourth-order valence-electron chi connectivity index (χ4n) is 4.08. The Bertz CT molecular complexity index is 1410. The summed E-state index contributed by atoms with van der Waals surface area (Å²) in [5, 5.41) is 16.2. The summed E-state index contributed by atoms with van der Waals surface area (Å²) in [5.41, 5.74) is 4.96. The Hall–Kier alpha value is -3.91. The maximum Gasteiger partial charge on any atom is 0.270 e. The smallest absolute Gasteiger partial charge is 0.270 e. The lowest BCUT2D eigenvalue weighted by molar-refractivity contribution is -0.384. The molecule has 2 aromatic carbocycles. The van der Waals surface area contributed by atoms with Gasteiger partial charge >= 0.3 is 0 Å². The molecule has 166 valence electrons. The quantitative estimate of drug-likeness (QED) is 0.316. The Morgan fingerprint density at radius 3 is 2.52 bits per heavy atom. The largest absolute Gasteiger partial charge is 0.328 e. The summed E-state index contributed by atoms with van der Waals surface area (Å²) in [6, 6.07) is 14.0. The van der Waals surface area contributed by atoms with Crippen LogP contribution in [0.5, 0.6) is 0 Å². The van der Waals surface area contributed by atoms with E-state index in [9.17, 15) is 14.9 Å². The number of non-ortho nitro benzene ring substituents is 1. The first kappa shape index (κ1) is 21.0. The molecule has 0 saturated carbocycles. The van der Waals surface area contributed by atoms with Crippen LogP contribution in [0.4, 0.5) is 5.69 Å². The van der Waals surface area contributed by atoms with E-state index in [1.807, 2.05) is 39.8 Å². The molecule has 0 radical (unpaired) electrons. The number of hydrogen-bond donors (Lipinski definition) is 0. The van der Waals surface area contributed by atoms with Gasteiger partial charge in [0.2, 0.25) is 0 Å². The number of aromatic nitrogens is 3. The van der Waals surface area contributed by atoms with Gasteiger partial charge in [-0.05, 0) is 55.3 Å². The topological polar surface area (TPSA) is 86.2 Å². The highest BCUT2D eigenvalue weighted by molar-refractivity contribution is 6.33. The maximum absolute atomic E-state index is 13.2. The predicted octanol–water partition coefficient (Wildman–Crippen LogP) is 5.00. The summed E-state index contributed by atoms with van der Waals surface area (Å²) < 4.78 is 3.88. The zero-order valence-corrected chi connectivity index (χ0v) is 18.8. The number of rotatable bonds is 4. The van der Waals surface area contributed by atoms with E-state index in [-0.39, 0.29) is 22.2 Å². The second-order valence-corrected chi connectivity index (χ2v) is 8.51. The van der Waals surface area contributed by atoms with Gasteiger partial charge in [0.15, 0.2) is 0 Å². The number of amides is 1. The molecule has 0 fully saturated rings. The van der Waals surface area contributed by atoms with Crippen LogP contribution >= 0.6 is 11.6 Å². The Kier molecular flexibility index (Phi) is 5.02. The minimum absolute atomic E-state index is 0.112. The monoisotopic (exact) mass is 461 g/mol. The number of halogens is 1. The van der Waals surface area contributed by atoms with Crippen molar-refractivity contribution in [3.05, 3.63) is 104 Å². The van der Waals surface area contributed by atoms with Gasteiger partial charge in [-0.2, -0.15) is 5.10 Å². The zero-order chi connectivity index (χ0) is 23.3. The molecule has 2 aromatic heterocycles. The predicted molar refractivity (Wildman–Crippen MR) is 124 cm³/mol. The number of benzene rings is 2. The molecular weight excluding hydrogens is 442 g/mol. The molecule has 0 spiro atoms.